The summed E-state index contributed by atoms with van der Waals surface area (Å²) in [5.41, 5.74) is 0.978. The monoisotopic (exact) mass is 236 g/mol. The molecular formula is C14H12N4. The van der Waals surface area contributed by atoms with Crippen LogP contribution in [-0.2, 0) is 6.42 Å². The summed E-state index contributed by atoms with van der Waals surface area (Å²) < 4.78 is 0. The first-order valence-electron chi connectivity index (χ1n) is 5.46. The van der Waals surface area contributed by atoms with Crippen molar-refractivity contribution in [3.63, 3.8) is 0 Å². The molecule has 1 rings (SSSR count). The fraction of sp³-hybridized carbons (Fsp3) is 0.214. The molecule has 0 saturated carbocycles. The van der Waals surface area contributed by atoms with Crippen molar-refractivity contribution in [2.24, 2.45) is 0 Å². The molecule has 1 aromatic rings. The number of allylic oxidation sites excluding steroid dienone is 2. The van der Waals surface area contributed by atoms with Gasteiger partial charge < -0.3 is 5.32 Å². The van der Waals surface area contributed by atoms with E-state index in [-0.39, 0.29) is 17.3 Å². The minimum absolute atomic E-state index is 0.0289. The summed E-state index contributed by atoms with van der Waals surface area (Å²) in [5.74, 6) is 0. The van der Waals surface area contributed by atoms with Crippen molar-refractivity contribution in [1.82, 2.24) is 5.32 Å². The van der Waals surface area contributed by atoms with E-state index in [2.05, 4.69) is 5.32 Å². The molecule has 0 amide bonds. The SMILES string of the molecule is CC(Cc1ccccc1)NC(C#N)=C(C#N)C#N. The van der Waals surface area contributed by atoms with Crippen molar-refractivity contribution in [2.45, 2.75) is 19.4 Å². The average Bonchev–Trinajstić information content (AvgIpc) is 2.40. The molecule has 0 radical (unpaired) electrons. The predicted molar refractivity (Wildman–Crippen MR) is 66.6 cm³/mol. The van der Waals surface area contributed by atoms with E-state index in [0.717, 1.165) is 12.0 Å². The standard InChI is InChI=1S/C14H12N4/c1-11(7-12-5-3-2-4-6-12)18-14(10-17)13(8-15)9-16/h2-6,11,18H,7H2,1H3. The highest BCUT2D eigenvalue weighted by molar-refractivity contribution is 5.45. The van der Waals surface area contributed by atoms with E-state index in [1.165, 1.54) is 0 Å². The molecule has 0 bridgehead atoms. The van der Waals surface area contributed by atoms with E-state index in [1.54, 1.807) is 12.1 Å². The van der Waals surface area contributed by atoms with E-state index in [4.69, 9.17) is 15.8 Å². The van der Waals surface area contributed by atoms with Crippen LogP contribution in [0.25, 0.3) is 0 Å². The van der Waals surface area contributed by atoms with Gasteiger partial charge in [-0.25, -0.2) is 0 Å². The quantitative estimate of drug-likeness (QED) is 0.811. The highest BCUT2D eigenvalue weighted by atomic mass is 14.9. The second kappa shape index (κ2) is 6.74. The summed E-state index contributed by atoms with van der Waals surface area (Å²) in [6.45, 7) is 1.90. The van der Waals surface area contributed by atoms with Gasteiger partial charge in [0.2, 0.25) is 0 Å². The summed E-state index contributed by atoms with van der Waals surface area (Å²) >= 11 is 0. The normalized spacial score (nSPS) is 10.3. The molecule has 4 nitrogen and oxygen atoms in total. The molecule has 0 spiro atoms. The van der Waals surface area contributed by atoms with Gasteiger partial charge in [0, 0.05) is 6.04 Å². The number of benzene rings is 1. The number of hydrogen-bond acceptors (Lipinski definition) is 4. The third kappa shape index (κ3) is 3.67. The van der Waals surface area contributed by atoms with Crippen LogP contribution < -0.4 is 5.32 Å². The number of nitrogens with one attached hydrogen (secondary N) is 1. The van der Waals surface area contributed by atoms with Gasteiger partial charge in [-0.1, -0.05) is 30.3 Å². The van der Waals surface area contributed by atoms with Crippen molar-refractivity contribution >= 4 is 0 Å². The molecule has 4 heteroatoms. The molecule has 0 aliphatic carbocycles. The van der Waals surface area contributed by atoms with Gasteiger partial charge in [0.05, 0.1) is 0 Å². The zero-order valence-electron chi connectivity index (χ0n) is 10.0. The fourth-order valence-corrected chi connectivity index (χ4v) is 1.56. The van der Waals surface area contributed by atoms with E-state index < -0.39 is 0 Å². The summed E-state index contributed by atoms with van der Waals surface area (Å²) in [6.07, 6.45) is 0.718. The Morgan fingerprint density at radius 1 is 1.11 bits per heavy atom. The molecule has 0 aliphatic heterocycles. The Morgan fingerprint density at radius 2 is 1.72 bits per heavy atom. The molecule has 18 heavy (non-hydrogen) atoms. The van der Waals surface area contributed by atoms with Crippen LogP contribution in [0.4, 0.5) is 0 Å². The maximum atomic E-state index is 8.90. The molecule has 0 aliphatic rings. The topological polar surface area (TPSA) is 83.4 Å². The maximum Gasteiger partial charge on any atom is 0.163 e. The Kier molecular flexibility index (Phi) is 4.98. The van der Waals surface area contributed by atoms with Crippen molar-refractivity contribution in [2.75, 3.05) is 0 Å². The van der Waals surface area contributed by atoms with Gasteiger partial charge in [-0.15, -0.1) is 0 Å². The highest BCUT2D eigenvalue weighted by Gasteiger charge is 2.09. The molecule has 0 aromatic heterocycles. The summed E-state index contributed by atoms with van der Waals surface area (Å²) in [5, 5.41) is 29.2. The van der Waals surface area contributed by atoms with E-state index in [9.17, 15) is 0 Å². The van der Waals surface area contributed by atoms with E-state index in [0.29, 0.717) is 0 Å². The first-order valence-corrected chi connectivity index (χ1v) is 5.46. The fourth-order valence-electron chi connectivity index (χ4n) is 1.56. The Balaban J connectivity index is 2.75. The molecule has 88 valence electrons. The van der Waals surface area contributed by atoms with Gasteiger partial charge in [-0.3, -0.25) is 0 Å². The average molecular weight is 236 g/mol. The highest BCUT2D eigenvalue weighted by Crippen LogP contribution is 2.06. The van der Waals surface area contributed by atoms with Crippen molar-refractivity contribution < 1.29 is 0 Å². The van der Waals surface area contributed by atoms with Gasteiger partial charge in [-0.05, 0) is 18.9 Å². The molecule has 1 unspecified atom stereocenters. The summed E-state index contributed by atoms with van der Waals surface area (Å²) in [7, 11) is 0. The maximum absolute atomic E-state index is 8.90. The number of rotatable bonds is 4. The van der Waals surface area contributed by atoms with Gasteiger partial charge >= 0.3 is 0 Å². The minimum Gasteiger partial charge on any atom is -0.372 e. The van der Waals surface area contributed by atoms with E-state index >= 15 is 0 Å². The van der Waals surface area contributed by atoms with Crippen molar-refractivity contribution in [3.8, 4) is 18.2 Å². The Labute approximate surface area is 106 Å². The molecule has 0 heterocycles. The molecular weight excluding hydrogens is 224 g/mol. The van der Waals surface area contributed by atoms with E-state index in [1.807, 2.05) is 43.3 Å². The van der Waals surface area contributed by atoms with Crippen LogP contribution in [0.5, 0.6) is 0 Å². The Bertz CT molecular complexity index is 536. The molecule has 1 atom stereocenters. The van der Waals surface area contributed by atoms with Crippen LogP contribution in [0, 0.1) is 34.0 Å². The lowest BCUT2D eigenvalue weighted by Crippen LogP contribution is -2.27. The number of nitrogens with zero attached hydrogens (tertiary/aromatic N) is 3. The number of hydrogen-bond donors (Lipinski definition) is 1. The lowest BCUT2D eigenvalue weighted by molar-refractivity contribution is 0.620. The third-order valence-corrected chi connectivity index (χ3v) is 2.36. The lowest BCUT2D eigenvalue weighted by Gasteiger charge is -2.14. The number of nitriles is 3. The van der Waals surface area contributed by atoms with Crippen LogP contribution in [0.3, 0.4) is 0 Å². The zero-order chi connectivity index (χ0) is 13.4. The largest absolute Gasteiger partial charge is 0.372 e. The molecule has 0 fully saturated rings. The van der Waals surface area contributed by atoms with Crippen LogP contribution >= 0.6 is 0 Å². The van der Waals surface area contributed by atoms with Gasteiger partial charge in [0.15, 0.2) is 5.57 Å². The second-order valence-electron chi connectivity index (χ2n) is 3.82. The smallest absolute Gasteiger partial charge is 0.163 e. The first-order chi connectivity index (χ1) is 8.71. The van der Waals surface area contributed by atoms with Crippen molar-refractivity contribution in [1.29, 1.82) is 15.8 Å². The Hall–Kier alpha value is -2.77. The van der Waals surface area contributed by atoms with Crippen LogP contribution in [0.1, 0.15) is 12.5 Å². The molecule has 1 N–H and O–H groups in total. The van der Waals surface area contributed by atoms with Crippen LogP contribution in [-0.4, -0.2) is 6.04 Å². The lowest BCUT2D eigenvalue weighted by atomic mass is 10.1. The van der Waals surface area contributed by atoms with Gasteiger partial charge in [0.1, 0.15) is 23.9 Å². The third-order valence-electron chi connectivity index (χ3n) is 2.36. The molecule has 0 saturated heterocycles. The van der Waals surface area contributed by atoms with Gasteiger partial charge in [-0.2, -0.15) is 15.8 Å². The van der Waals surface area contributed by atoms with Crippen LogP contribution in [0.15, 0.2) is 41.6 Å². The second-order valence-corrected chi connectivity index (χ2v) is 3.82. The van der Waals surface area contributed by atoms with Gasteiger partial charge in [0.25, 0.3) is 0 Å². The summed E-state index contributed by atoms with van der Waals surface area (Å²) in [6, 6.07) is 15.0. The summed E-state index contributed by atoms with van der Waals surface area (Å²) in [4.78, 5) is 0. The Morgan fingerprint density at radius 3 is 2.22 bits per heavy atom. The van der Waals surface area contributed by atoms with Crippen LogP contribution in [0.2, 0.25) is 0 Å². The molecule has 1 aromatic carbocycles. The minimum atomic E-state index is -0.183. The zero-order valence-corrected chi connectivity index (χ0v) is 10.0. The van der Waals surface area contributed by atoms with Crippen molar-refractivity contribution in [3.05, 3.63) is 47.2 Å². The predicted octanol–water partition coefficient (Wildman–Crippen LogP) is 2.03. The first kappa shape index (κ1) is 13.3.